The topological polar surface area (TPSA) is 67.9 Å². The zero-order valence-electron chi connectivity index (χ0n) is 15.3. The van der Waals surface area contributed by atoms with E-state index in [4.69, 9.17) is 9.47 Å². The van der Waals surface area contributed by atoms with Crippen molar-refractivity contribution in [2.75, 3.05) is 26.3 Å². The van der Waals surface area contributed by atoms with E-state index >= 15 is 0 Å². The van der Waals surface area contributed by atoms with Crippen molar-refractivity contribution in [3.05, 3.63) is 29.8 Å². The molecular weight excluding hydrogens is 320 g/mol. The lowest BCUT2D eigenvalue weighted by molar-refractivity contribution is -0.139. The molecule has 1 aromatic rings. The van der Waals surface area contributed by atoms with Gasteiger partial charge in [0.15, 0.2) is 0 Å². The van der Waals surface area contributed by atoms with Crippen LogP contribution in [0.4, 0.5) is 0 Å². The summed E-state index contributed by atoms with van der Waals surface area (Å²) in [6.07, 6.45) is 1.18. The van der Waals surface area contributed by atoms with Gasteiger partial charge in [-0.05, 0) is 19.4 Å². The van der Waals surface area contributed by atoms with E-state index in [0.29, 0.717) is 32.1 Å². The first kappa shape index (κ1) is 19.2. The lowest BCUT2D eigenvalue weighted by atomic mass is 10.0. The summed E-state index contributed by atoms with van der Waals surface area (Å²) in [7, 11) is 0. The predicted molar refractivity (Wildman–Crippen MR) is 95.4 cm³/mol. The van der Waals surface area contributed by atoms with Crippen LogP contribution in [-0.4, -0.2) is 49.1 Å². The van der Waals surface area contributed by atoms with Crippen LogP contribution in [0.1, 0.15) is 45.2 Å². The average molecular weight is 348 g/mol. The number of nitrogens with zero attached hydrogens (tertiary/aromatic N) is 1. The van der Waals surface area contributed by atoms with E-state index in [-0.39, 0.29) is 24.3 Å². The number of rotatable bonds is 7. The smallest absolute Gasteiger partial charge is 0.225 e. The Kier molecular flexibility index (Phi) is 7.25. The zero-order valence-corrected chi connectivity index (χ0v) is 15.3. The lowest BCUT2D eigenvalue weighted by Gasteiger charge is -2.33. The quantitative estimate of drug-likeness (QED) is 0.821. The average Bonchev–Trinajstić information content (AvgIpc) is 2.61. The summed E-state index contributed by atoms with van der Waals surface area (Å²) in [5, 5.41) is 2.89. The molecule has 138 valence electrons. The second-order valence-electron chi connectivity index (χ2n) is 6.17. The van der Waals surface area contributed by atoms with E-state index in [1.165, 1.54) is 6.92 Å². The van der Waals surface area contributed by atoms with Gasteiger partial charge < -0.3 is 19.7 Å². The number of ether oxygens (including phenoxy) is 2. The molecule has 2 rings (SSSR count). The lowest BCUT2D eigenvalue weighted by Crippen LogP contribution is -2.46. The Morgan fingerprint density at radius 2 is 2.12 bits per heavy atom. The predicted octanol–water partition coefficient (Wildman–Crippen LogP) is 2.29. The fraction of sp³-hybridized carbons (Fsp3) is 0.579. The number of benzene rings is 1. The molecule has 25 heavy (non-hydrogen) atoms. The first-order chi connectivity index (χ1) is 12.0. The monoisotopic (exact) mass is 348 g/mol. The minimum absolute atomic E-state index is 0.0202. The largest absolute Gasteiger partial charge is 0.494 e. The van der Waals surface area contributed by atoms with Crippen LogP contribution in [0.5, 0.6) is 5.75 Å². The first-order valence-electron chi connectivity index (χ1n) is 8.93. The summed E-state index contributed by atoms with van der Waals surface area (Å²) in [5.41, 5.74) is 0.827. The van der Waals surface area contributed by atoms with Crippen molar-refractivity contribution in [2.45, 2.75) is 45.8 Å². The molecule has 1 aliphatic rings. The molecule has 6 heteroatoms. The van der Waals surface area contributed by atoms with Crippen molar-refractivity contribution < 1.29 is 19.1 Å². The maximum Gasteiger partial charge on any atom is 0.225 e. The maximum atomic E-state index is 12.8. The fourth-order valence-electron chi connectivity index (χ4n) is 3.04. The van der Waals surface area contributed by atoms with Gasteiger partial charge in [-0.25, -0.2) is 0 Å². The minimum Gasteiger partial charge on any atom is -0.494 e. The second kappa shape index (κ2) is 9.42. The Bertz CT molecular complexity index is 591. The molecule has 2 atom stereocenters. The normalized spacial score (nSPS) is 18.5. The molecule has 1 N–H and O–H groups in total. The van der Waals surface area contributed by atoms with Crippen LogP contribution >= 0.6 is 0 Å². The molecule has 0 saturated carbocycles. The molecule has 0 aliphatic carbocycles. The van der Waals surface area contributed by atoms with E-state index in [1.54, 1.807) is 0 Å². The van der Waals surface area contributed by atoms with Crippen molar-refractivity contribution in [1.82, 2.24) is 10.2 Å². The molecule has 0 spiro atoms. The number of carbonyl (C=O) groups excluding carboxylic acids is 2. The number of amides is 2. The second-order valence-corrected chi connectivity index (χ2v) is 6.17. The minimum atomic E-state index is -0.407. The van der Waals surface area contributed by atoms with Gasteiger partial charge in [0.05, 0.1) is 31.8 Å². The Labute approximate surface area is 149 Å². The van der Waals surface area contributed by atoms with Crippen molar-refractivity contribution in [3.63, 3.8) is 0 Å². The van der Waals surface area contributed by atoms with Gasteiger partial charge >= 0.3 is 0 Å². The highest BCUT2D eigenvalue weighted by atomic mass is 16.5. The summed E-state index contributed by atoms with van der Waals surface area (Å²) in [4.78, 5) is 26.3. The molecule has 2 unspecified atom stereocenters. The van der Waals surface area contributed by atoms with Gasteiger partial charge in [-0.2, -0.15) is 0 Å². The highest BCUT2D eigenvalue weighted by Gasteiger charge is 2.27. The summed E-state index contributed by atoms with van der Waals surface area (Å²) in [5.74, 6) is 0.550. The van der Waals surface area contributed by atoms with Crippen LogP contribution in [0, 0.1) is 0 Å². The molecule has 6 nitrogen and oxygen atoms in total. The Morgan fingerprint density at radius 3 is 2.80 bits per heavy atom. The Morgan fingerprint density at radius 1 is 1.36 bits per heavy atom. The standard InChI is InChI=1S/C19H28N2O4/c1-4-15-13-21(10-11-25-15)19(23)12-17(20-14(3)22)16-8-6-7-9-18(16)24-5-2/h6-9,15,17H,4-5,10-13H2,1-3H3,(H,20,22). The molecule has 1 aromatic carbocycles. The first-order valence-corrected chi connectivity index (χ1v) is 8.93. The molecule has 0 radical (unpaired) electrons. The Balaban J connectivity index is 2.15. The van der Waals surface area contributed by atoms with E-state index < -0.39 is 6.04 Å². The van der Waals surface area contributed by atoms with Crippen LogP contribution in [0.15, 0.2) is 24.3 Å². The molecule has 0 aromatic heterocycles. The third kappa shape index (κ3) is 5.46. The molecule has 1 saturated heterocycles. The molecule has 1 fully saturated rings. The van der Waals surface area contributed by atoms with E-state index in [1.807, 2.05) is 36.1 Å². The summed E-state index contributed by atoms with van der Waals surface area (Å²) in [6.45, 7) is 7.71. The van der Waals surface area contributed by atoms with Gasteiger partial charge in [0.25, 0.3) is 0 Å². The maximum absolute atomic E-state index is 12.8. The summed E-state index contributed by atoms with van der Waals surface area (Å²) in [6, 6.07) is 7.12. The van der Waals surface area contributed by atoms with Crippen LogP contribution in [0.25, 0.3) is 0 Å². The van der Waals surface area contributed by atoms with Crippen LogP contribution < -0.4 is 10.1 Å². The van der Waals surface area contributed by atoms with Gasteiger partial charge in [-0.3, -0.25) is 9.59 Å². The van der Waals surface area contributed by atoms with Gasteiger partial charge in [0, 0.05) is 25.6 Å². The highest BCUT2D eigenvalue weighted by Crippen LogP contribution is 2.28. The van der Waals surface area contributed by atoms with Gasteiger partial charge in [-0.15, -0.1) is 0 Å². The van der Waals surface area contributed by atoms with Crippen molar-refractivity contribution in [3.8, 4) is 5.75 Å². The van der Waals surface area contributed by atoms with E-state index in [0.717, 1.165) is 12.0 Å². The van der Waals surface area contributed by atoms with Crippen molar-refractivity contribution in [2.24, 2.45) is 0 Å². The van der Waals surface area contributed by atoms with Gasteiger partial charge in [0.2, 0.25) is 11.8 Å². The van der Waals surface area contributed by atoms with E-state index in [9.17, 15) is 9.59 Å². The molecule has 1 heterocycles. The number of nitrogens with one attached hydrogen (secondary N) is 1. The van der Waals surface area contributed by atoms with Crippen LogP contribution in [0.3, 0.4) is 0 Å². The van der Waals surface area contributed by atoms with Crippen LogP contribution in [-0.2, 0) is 14.3 Å². The molecule has 0 bridgehead atoms. The number of hydrogen-bond acceptors (Lipinski definition) is 4. The summed E-state index contributed by atoms with van der Waals surface area (Å²) < 4.78 is 11.3. The van der Waals surface area contributed by atoms with Gasteiger partial charge in [-0.1, -0.05) is 25.1 Å². The highest BCUT2D eigenvalue weighted by molar-refractivity contribution is 5.79. The molecule has 2 amide bonds. The van der Waals surface area contributed by atoms with Crippen molar-refractivity contribution in [1.29, 1.82) is 0 Å². The Hall–Kier alpha value is -2.08. The number of morpholine rings is 1. The van der Waals surface area contributed by atoms with Crippen LogP contribution in [0.2, 0.25) is 0 Å². The third-order valence-corrected chi connectivity index (χ3v) is 4.30. The molecular formula is C19H28N2O4. The molecule has 1 aliphatic heterocycles. The fourth-order valence-corrected chi connectivity index (χ4v) is 3.04. The number of para-hydroxylation sites is 1. The summed E-state index contributed by atoms with van der Waals surface area (Å²) >= 11 is 0. The van der Waals surface area contributed by atoms with E-state index in [2.05, 4.69) is 12.2 Å². The number of hydrogen-bond donors (Lipinski definition) is 1. The zero-order chi connectivity index (χ0) is 18.2. The van der Waals surface area contributed by atoms with Crippen molar-refractivity contribution >= 4 is 11.8 Å². The van der Waals surface area contributed by atoms with Gasteiger partial charge in [0.1, 0.15) is 5.75 Å². The SMILES string of the molecule is CCOc1ccccc1C(CC(=O)N1CCOC(CC)C1)NC(C)=O. The third-order valence-electron chi connectivity index (χ3n) is 4.30. The number of carbonyl (C=O) groups is 2.